The van der Waals surface area contributed by atoms with Gasteiger partial charge in [0.05, 0.1) is 0 Å². The van der Waals surface area contributed by atoms with Crippen LogP contribution < -0.4 is 5.32 Å². The maximum absolute atomic E-state index is 3.60. The van der Waals surface area contributed by atoms with Gasteiger partial charge in [0.2, 0.25) is 0 Å². The highest BCUT2D eigenvalue weighted by Crippen LogP contribution is 2.18. The maximum Gasteiger partial charge on any atom is 0.0109 e. The fourth-order valence-electron chi connectivity index (χ4n) is 2.74. The zero-order valence-electron chi connectivity index (χ0n) is 12.3. The van der Waals surface area contributed by atoms with E-state index >= 15 is 0 Å². The Bertz CT molecular complexity index is 222. The predicted octanol–water partition coefficient (Wildman–Crippen LogP) is 1.93. The molecule has 3 nitrogen and oxygen atoms in total. The van der Waals surface area contributed by atoms with E-state index in [9.17, 15) is 0 Å². The molecule has 1 heterocycles. The number of likely N-dealkylation sites (tertiary alicyclic amines) is 1. The summed E-state index contributed by atoms with van der Waals surface area (Å²) in [5.41, 5.74) is 0. The molecule has 0 aromatic rings. The van der Waals surface area contributed by atoms with Crippen LogP contribution in [0.25, 0.3) is 0 Å². The van der Waals surface area contributed by atoms with Crippen LogP contribution >= 0.6 is 0 Å². The Kier molecular flexibility index (Phi) is 5.93. The molecule has 2 fully saturated rings. The Labute approximate surface area is 113 Å². The molecule has 1 saturated carbocycles. The van der Waals surface area contributed by atoms with Crippen molar-refractivity contribution in [3.63, 3.8) is 0 Å². The van der Waals surface area contributed by atoms with E-state index in [4.69, 9.17) is 0 Å². The van der Waals surface area contributed by atoms with Crippen molar-refractivity contribution in [3.8, 4) is 0 Å². The molecule has 0 amide bonds. The number of hydrogen-bond acceptors (Lipinski definition) is 3. The second kappa shape index (κ2) is 7.46. The van der Waals surface area contributed by atoms with Gasteiger partial charge in [-0.3, -0.25) is 0 Å². The monoisotopic (exact) mass is 253 g/mol. The smallest absolute Gasteiger partial charge is 0.0109 e. The van der Waals surface area contributed by atoms with E-state index in [-0.39, 0.29) is 0 Å². The molecule has 1 aliphatic carbocycles. The Morgan fingerprint density at radius 2 is 2.00 bits per heavy atom. The molecule has 0 aromatic heterocycles. The van der Waals surface area contributed by atoms with Gasteiger partial charge in [0.1, 0.15) is 0 Å². The van der Waals surface area contributed by atoms with Crippen molar-refractivity contribution in [2.75, 3.05) is 39.8 Å². The summed E-state index contributed by atoms with van der Waals surface area (Å²) in [5, 5.41) is 3.60. The van der Waals surface area contributed by atoms with Crippen LogP contribution in [0.4, 0.5) is 0 Å². The van der Waals surface area contributed by atoms with Crippen LogP contribution in [0, 0.1) is 0 Å². The van der Waals surface area contributed by atoms with Gasteiger partial charge in [0, 0.05) is 25.2 Å². The first-order valence-corrected chi connectivity index (χ1v) is 7.91. The average molecular weight is 253 g/mol. The van der Waals surface area contributed by atoms with Crippen molar-refractivity contribution in [3.05, 3.63) is 0 Å². The zero-order chi connectivity index (χ0) is 12.8. The molecule has 3 heteroatoms. The molecule has 18 heavy (non-hydrogen) atoms. The summed E-state index contributed by atoms with van der Waals surface area (Å²) in [6, 6.07) is 1.60. The standard InChI is InChI=1S/C15H31N3/c1-14(6-5-9-16-15-7-8-15)17(2)12-13-18-10-3-4-11-18/h14-16H,3-13H2,1-2H3. The Balaban J connectivity index is 1.48. The number of hydrogen-bond donors (Lipinski definition) is 1. The lowest BCUT2D eigenvalue weighted by atomic mass is 10.1. The summed E-state index contributed by atoms with van der Waals surface area (Å²) in [7, 11) is 2.29. The van der Waals surface area contributed by atoms with Crippen LogP contribution in [0.3, 0.4) is 0 Å². The van der Waals surface area contributed by atoms with E-state index in [2.05, 4.69) is 29.1 Å². The molecule has 1 saturated heterocycles. The minimum absolute atomic E-state index is 0.730. The summed E-state index contributed by atoms with van der Waals surface area (Å²) < 4.78 is 0. The minimum atomic E-state index is 0.730. The lowest BCUT2D eigenvalue weighted by Crippen LogP contribution is -2.36. The van der Waals surface area contributed by atoms with Gasteiger partial charge in [-0.25, -0.2) is 0 Å². The van der Waals surface area contributed by atoms with Gasteiger partial charge in [0.15, 0.2) is 0 Å². The molecule has 1 unspecified atom stereocenters. The lowest BCUT2D eigenvalue weighted by molar-refractivity contribution is 0.205. The third kappa shape index (κ3) is 5.25. The van der Waals surface area contributed by atoms with E-state index in [0.717, 1.165) is 12.1 Å². The van der Waals surface area contributed by atoms with E-state index in [1.807, 2.05) is 0 Å². The van der Waals surface area contributed by atoms with Crippen molar-refractivity contribution >= 4 is 0 Å². The quantitative estimate of drug-likeness (QED) is 0.634. The molecule has 0 bridgehead atoms. The first-order chi connectivity index (χ1) is 8.75. The third-order valence-electron chi connectivity index (χ3n) is 4.53. The van der Waals surface area contributed by atoms with Crippen LogP contribution in [-0.4, -0.2) is 61.7 Å². The molecule has 1 N–H and O–H groups in total. The van der Waals surface area contributed by atoms with Crippen LogP contribution in [0.1, 0.15) is 45.4 Å². The van der Waals surface area contributed by atoms with Crippen molar-refractivity contribution in [2.45, 2.75) is 57.5 Å². The Morgan fingerprint density at radius 3 is 2.67 bits per heavy atom. The van der Waals surface area contributed by atoms with Gasteiger partial charge in [-0.15, -0.1) is 0 Å². The molecule has 0 radical (unpaired) electrons. The molecular weight excluding hydrogens is 222 g/mol. The Morgan fingerprint density at radius 1 is 1.28 bits per heavy atom. The summed E-state index contributed by atoms with van der Waals surface area (Å²) in [6.45, 7) is 8.75. The second-order valence-electron chi connectivity index (χ2n) is 6.25. The summed E-state index contributed by atoms with van der Waals surface area (Å²) in [4.78, 5) is 5.15. The fraction of sp³-hybridized carbons (Fsp3) is 1.00. The second-order valence-corrected chi connectivity index (χ2v) is 6.25. The summed E-state index contributed by atoms with van der Waals surface area (Å²) in [5.74, 6) is 0. The summed E-state index contributed by atoms with van der Waals surface area (Å²) in [6.07, 6.45) is 8.29. The van der Waals surface area contributed by atoms with Crippen molar-refractivity contribution in [2.24, 2.45) is 0 Å². The molecule has 2 aliphatic rings. The van der Waals surface area contributed by atoms with Gasteiger partial charge >= 0.3 is 0 Å². The number of likely N-dealkylation sites (N-methyl/N-ethyl adjacent to an activating group) is 1. The lowest BCUT2D eigenvalue weighted by Gasteiger charge is -2.27. The van der Waals surface area contributed by atoms with Crippen molar-refractivity contribution in [1.29, 1.82) is 0 Å². The van der Waals surface area contributed by atoms with Crippen LogP contribution in [-0.2, 0) is 0 Å². The van der Waals surface area contributed by atoms with Gasteiger partial charge in [-0.05, 0) is 72.1 Å². The minimum Gasteiger partial charge on any atom is -0.314 e. The molecule has 0 spiro atoms. The molecule has 106 valence electrons. The molecule has 1 atom stereocenters. The molecule has 1 aliphatic heterocycles. The van der Waals surface area contributed by atoms with Crippen molar-refractivity contribution in [1.82, 2.24) is 15.1 Å². The highest BCUT2D eigenvalue weighted by molar-refractivity contribution is 4.80. The summed E-state index contributed by atoms with van der Waals surface area (Å²) >= 11 is 0. The van der Waals surface area contributed by atoms with E-state index in [0.29, 0.717) is 0 Å². The van der Waals surface area contributed by atoms with E-state index in [1.165, 1.54) is 71.2 Å². The van der Waals surface area contributed by atoms with E-state index < -0.39 is 0 Å². The normalized spacial score (nSPS) is 22.8. The SMILES string of the molecule is CC(CCCNC1CC1)N(C)CCN1CCCC1. The Hall–Kier alpha value is -0.120. The largest absolute Gasteiger partial charge is 0.314 e. The fourth-order valence-corrected chi connectivity index (χ4v) is 2.74. The number of nitrogens with zero attached hydrogens (tertiary/aromatic N) is 2. The molecule has 0 aromatic carbocycles. The third-order valence-corrected chi connectivity index (χ3v) is 4.53. The van der Waals surface area contributed by atoms with Crippen molar-refractivity contribution < 1.29 is 0 Å². The number of nitrogens with one attached hydrogen (secondary N) is 1. The van der Waals surface area contributed by atoms with Gasteiger partial charge in [-0.1, -0.05) is 0 Å². The van der Waals surface area contributed by atoms with Crippen LogP contribution in [0.2, 0.25) is 0 Å². The zero-order valence-corrected chi connectivity index (χ0v) is 12.3. The predicted molar refractivity (Wildman–Crippen MR) is 78.0 cm³/mol. The molecule has 2 rings (SSSR count). The highest BCUT2D eigenvalue weighted by Gasteiger charge is 2.20. The van der Waals surface area contributed by atoms with Gasteiger partial charge < -0.3 is 15.1 Å². The van der Waals surface area contributed by atoms with Gasteiger partial charge in [-0.2, -0.15) is 0 Å². The maximum atomic E-state index is 3.60. The first kappa shape index (κ1) is 14.3. The number of rotatable bonds is 9. The average Bonchev–Trinajstić information content (AvgIpc) is 3.05. The first-order valence-electron chi connectivity index (χ1n) is 7.91. The molecular formula is C15H31N3. The topological polar surface area (TPSA) is 18.5 Å². The van der Waals surface area contributed by atoms with Crippen LogP contribution in [0.15, 0.2) is 0 Å². The van der Waals surface area contributed by atoms with E-state index in [1.54, 1.807) is 0 Å². The highest BCUT2D eigenvalue weighted by atomic mass is 15.2. The van der Waals surface area contributed by atoms with Crippen LogP contribution in [0.5, 0.6) is 0 Å². The van der Waals surface area contributed by atoms with Gasteiger partial charge in [0.25, 0.3) is 0 Å².